The minimum atomic E-state index is -0.832. The van der Waals surface area contributed by atoms with E-state index in [-0.39, 0.29) is 12.5 Å². The molecule has 0 fully saturated rings. The van der Waals surface area contributed by atoms with E-state index in [1.807, 2.05) is 49.4 Å². The largest absolute Gasteiger partial charge is 0.494 e. The van der Waals surface area contributed by atoms with Crippen LogP contribution in [0.4, 0.5) is 0 Å². The lowest BCUT2D eigenvalue weighted by atomic mass is 10.00. The van der Waals surface area contributed by atoms with Crippen molar-refractivity contribution in [3.05, 3.63) is 70.3 Å². The molecule has 1 unspecified atom stereocenters. The van der Waals surface area contributed by atoms with Crippen LogP contribution in [-0.2, 0) is 4.79 Å². The fourth-order valence-corrected chi connectivity index (χ4v) is 4.15. The molecule has 0 bridgehead atoms. The maximum Gasteiger partial charge on any atom is 0.303 e. The van der Waals surface area contributed by atoms with Gasteiger partial charge in [-0.1, -0.05) is 30.7 Å². The van der Waals surface area contributed by atoms with Crippen molar-refractivity contribution in [2.45, 2.75) is 39.2 Å². The number of nitrogens with zero attached hydrogens (tertiary/aromatic N) is 4. The second kappa shape index (κ2) is 10.8. The van der Waals surface area contributed by atoms with Crippen LogP contribution in [0.5, 0.6) is 5.75 Å². The predicted octanol–water partition coefficient (Wildman–Crippen LogP) is 4.36. The van der Waals surface area contributed by atoms with Crippen molar-refractivity contribution in [3.8, 4) is 11.4 Å². The number of nitrogens with one attached hydrogen (secondary N) is 1. The number of benzene rings is 2. The number of carboxylic acid groups (broad SMARTS) is 1. The standard InChI is InChI=1S/C25H28ClN5O3/c1-3-27-13-12-21-25-30-29-16(2)31(25)22-11-10-19(34-14-4-5-23(32)33)15-20(22)24(28-21)17-6-8-18(26)9-7-17/h6-11,15,21,27H,3-5,12-14H2,1-2H3,(H,32,33). The smallest absolute Gasteiger partial charge is 0.303 e. The molecule has 1 aromatic heterocycles. The zero-order valence-corrected chi connectivity index (χ0v) is 20.0. The van der Waals surface area contributed by atoms with E-state index in [1.165, 1.54) is 0 Å². The first-order valence-electron chi connectivity index (χ1n) is 11.4. The van der Waals surface area contributed by atoms with E-state index in [4.69, 9.17) is 26.4 Å². The van der Waals surface area contributed by atoms with E-state index < -0.39 is 5.97 Å². The van der Waals surface area contributed by atoms with Crippen LogP contribution in [0.2, 0.25) is 5.02 Å². The molecule has 34 heavy (non-hydrogen) atoms. The molecule has 0 aliphatic carbocycles. The third-order valence-corrected chi connectivity index (χ3v) is 5.91. The molecule has 0 spiro atoms. The molecule has 1 atom stereocenters. The summed E-state index contributed by atoms with van der Waals surface area (Å²) < 4.78 is 7.94. The summed E-state index contributed by atoms with van der Waals surface area (Å²) in [5, 5.41) is 21.7. The number of rotatable bonds is 10. The van der Waals surface area contributed by atoms with Crippen LogP contribution in [0.3, 0.4) is 0 Å². The molecule has 1 aliphatic heterocycles. The van der Waals surface area contributed by atoms with Crippen LogP contribution in [0, 0.1) is 6.92 Å². The molecule has 3 aromatic rings. The van der Waals surface area contributed by atoms with Gasteiger partial charge in [-0.15, -0.1) is 10.2 Å². The van der Waals surface area contributed by atoms with Crippen molar-refractivity contribution < 1.29 is 14.6 Å². The number of aryl methyl sites for hydroxylation is 1. The minimum absolute atomic E-state index is 0.0686. The number of aromatic nitrogens is 3. The summed E-state index contributed by atoms with van der Waals surface area (Å²) in [6.45, 7) is 6.02. The molecule has 1 aliphatic rings. The number of hydrogen-bond acceptors (Lipinski definition) is 6. The summed E-state index contributed by atoms with van der Waals surface area (Å²) in [5.74, 6) is 1.41. The quantitative estimate of drug-likeness (QED) is 0.417. The average molecular weight is 482 g/mol. The lowest BCUT2D eigenvalue weighted by Gasteiger charge is -2.15. The fourth-order valence-electron chi connectivity index (χ4n) is 4.03. The highest BCUT2D eigenvalue weighted by atomic mass is 35.5. The molecule has 0 amide bonds. The number of fused-ring (bicyclic) bond motifs is 3. The topological polar surface area (TPSA) is 102 Å². The predicted molar refractivity (Wildman–Crippen MR) is 131 cm³/mol. The van der Waals surface area contributed by atoms with E-state index in [0.29, 0.717) is 23.8 Å². The Morgan fingerprint density at radius 2 is 2.00 bits per heavy atom. The number of aliphatic imine (C=N–C) groups is 1. The van der Waals surface area contributed by atoms with Crippen LogP contribution in [0.15, 0.2) is 47.5 Å². The first-order chi connectivity index (χ1) is 16.5. The highest BCUT2D eigenvalue weighted by Crippen LogP contribution is 2.34. The van der Waals surface area contributed by atoms with E-state index >= 15 is 0 Å². The van der Waals surface area contributed by atoms with Crippen LogP contribution < -0.4 is 10.1 Å². The summed E-state index contributed by atoms with van der Waals surface area (Å²) in [6.07, 6.45) is 1.28. The number of hydrogen-bond donors (Lipinski definition) is 2. The lowest BCUT2D eigenvalue weighted by Crippen LogP contribution is -2.18. The molecule has 2 N–H and O–H groups in total. The van der Waals surface area contributed by atoms with Crippen molar-refractivity contribution in [3.63, 3.8) is 0 Å². The van der Waals surface area contributed by atoms with Crippen molar-refractivity contribution in [2.24, 2.45) is 4.99 Å². The van der Waals surface area contributed by atoms with Gasteiger partial charge in [0.15, 0.2) is 5.82 Å². The van der Waals surface area contributed by atoms with Crippen molar-refractivity contribution in [2.75, 3.05) is 19.7 Å². The number of aliphatic carboxylic acids is 1. The molecular weight excluding hydrogens is 454 g/mol. The van der Waals surface area contributed by atoms with Gasteiger partial charge in [0, 0.05) is 22.6 Å². The summed E-state index contributed by atoms with van der Waals surface area (Å²) in [6, 6.07) is 13.3. The highest BCUT2D eigenvalue weighted by molar-refractivity contribution is 6.30. The van der Waals surface area contributed by atoms with Crippen LogP contribution >= 0.6 is 11.6 Å². The number of halogens is 1. The van der Waals surface area contributed by atoms with Crippen LogP contribution in [-0.4, -0.2) is 51.2 Å². The van der Waals surface area contributed by atoms with E-state index in [0.717, 1.165) is 53.7 Å². The Labute approximate surface area is 203 Å². The molecule has 0 saturated heterocycles. The number of carbonyl (C=O) groups is 1. The summed E-state index contributed by atoms with van der Waals surface area (Å²) in [7, 11) is 0. The Morgan fingerprint density at radius 1 is 1.21 bits per heavy atom. The zero-order valence-electron chi connectivity index (χ0n) is 19.3. The van der Waals surface area contributed by atoms with Gasteiger partial charge in [0.1, 0.15) is 17.6 Å². The van der Waals surface area contributed by atoms with Gasteiger partial charge in [-0.3, -0.25) is 14.4 Å². The SMILES string of the molecule is CCNCCC1N=C(c2ccc(Cl)cc2)c2cc(OCCCC(=O)O)ccc2-n2c(C)nnc21. The first kappa shape index (κ1) is 23.9. The Kier molecular flexibility index (Phi) is 7.59. The molecular formula is C25H28ClN5O3. The molecule has 8 nitrogen and oxygen atoms in total. The first-order valence-corrected chi connectivity index (χ1v) is 11.8. The van der Waals surface area contributed by atoms with Crippen LogP contribution in [0.25, 0.3) is 5.69 Å². The van der Waals surface area contributed by atoms with E-state index in [2.05, 4.69) is 27.0 Å². The molecule has 4 rings (SSSR count). The third-order valence-electron chi connectivity index (χ3n) is 5.66. The van der Waals surface area contributed by atoms with Crippen molar-refractivity contribution >= 4 is 23.3 Å². The second-order valence-electron chi connectivity index (χ2n) is 8.11. The molecule has 9 heteroatoms. The molecule has 0 radical (unpaired) electrons. The molecule has 0 saturated carbocycles. The summed E-state index contributed by atoms with van der Waals surface area (Å²) >= 11 is 6.16. The van der Waals surface area contributed by atoms with Gasteiger partial charge in [-0.2, -0.15) is 0 Å². The minimum Gasteiger partial charge on any atom is -0.494 e. The Bertz CT molecular complexity index is 1190. The maximum absolute atomic E-state index is 10.8. The van der Waals surface area contributed by atoms with Gasteiger partial charge < -0.3 is 15.2 Å². The average Bonchev–Trinajstić information content (AvgIpc) is 3.14. The Balaban J connectivity index is 1.79. The van der Waals surface area contributed by atoms with Gasteiger partial charge in [0.25, 0.3) is 0 Å². The van der Waals surface area contributed by atoms with E-state index in [9.17, 15) is 4.79 Å². The van der Waals surface area contributed by atoms with Gasteiger partial charge in [0.2, 0.25) is 0 Å². The van der Waals surface area contributed by atoms with Crippen molar-refractivity contribution in [1.82, 2.24) is 20.1 Å². The van der Waals surface area contributed by atoms with Gasteiger partial charge in [0.05, 0.1) is 18.0 Å². The summed E-state index contributed by atoms with van der Waals surface area (Å²) in [4.78, 5) is 16.0. The lowest BCUT2D eigenvalue weighted by molar-refractivity contribution is -0.137. The van der Waals surface area contributed by atoms with Crippen molar-refractivity contribution in [1.29, 1.82) is 0 Å². The highest BCUT2D eigenvalue weighted by Gasteiger charge is 2.28. The second-order valence-corrected chi connectivity index (χ2v) is 8.54. The molecule has 2 aromatic carbocycles. The normalized spacial score (nSPS) is 14.7. The number of carboxylic acids is 1. The van der Waals surface area contributed by atoms with E-state index in [1.54, 1.807) is 0 Å². The maximum atomic E-state index is 10.8. The summed E-state index contributed by atoms with van der Waals surface area (Å²) in [5.41, 5.74) is 3.59. The molecule has 178 valence electrons. The van der Waals surface area contributed by atoms with Gasteiger partial charge in [-0.25, -0.2) is 0 Å². The fraction of sp³-hybridized carbons (Fsp3) is 0.360. The number of ether oxygens (including phenoxy) is 1. The zero-order chi connectivity index (χ0) is 24.1. The third kappa shape index (κ3) is 5.29. The van der Waals surface area contributed by atoms with Crippen LogP contribution in [0.1, 0.15) is 55.0 Å². The monoisotopic (exact) mass is 481 g/mol. The molecule has 2 heterocycles. The van der Waals surface area contributed by atoms with Gasteiger partial charge >= 0.3 is 5.97 Å². The van der Waals surface area contributed by atoms with Gasteiger partial charge in [-0.05, 0) is 63.2 Å². The Hall–Kier alpha value is -3.23. The Morgan fingerprint density at radius 3 is 2.74 bits per heavy atom.